The fourth-order valence-electron chi connectivity index (χ4n) is 1.73. The van der Waals surface area contributed by atoms with Crippen LogP contribution in [-0.2, 0) is 0 Å². The minimum Gasteiger partial charge on any atom is -0.361 e. The second-order valence-corrected chi connectivity index (χ2v) is 3.95. The van der Waals surface area contributed by atoms with Gasteiger partial charge in [0.15, 0.2) is 5.69 Å². The van der Waals surface area contributed by atoms with Crippen LogP contribution < -0.4 is 5.73 Å². The predicted molar refractivity (Wildman–Crippen MR) is 61.6 cm³/mol. The smallest absolute Gasteiger partial charge is 0.276 e. The van der Waals surface area contributed by atoms with Gasteiger partial charge in [0.1, 0.15) is 5.76 Å². The quantitative estimate of drug-likeness (QED) is 0.800. The van der Waals surface area contributed by atoms with Crippen LogP contribution in [0.25, 0.3) is 0 Å². The Bertz CT molecular complexity index is 359. The van der Waals surface area contributed by atoms with Crippen LogP contribution in [0.2, 0.25) is 0 Å². The molecular formula is C10H16ClN3O2. The molecule has 90 valence electrons. The van der Waals surface area contributed by atoms with E-state index in [0.717, 1.165) is 12.8 Å². The van der Waals surface area contributed by atoms with Crippen molar-refractivity contribution in [2.75, 3.05) is 13.1 Å². The van der Waals surface area contributed by atoms with E-state index in [-0.39, 0.29) is 24.4 Å². The van der Waals surface area contributed by atoms with Crippen molar-refractivity contribution in [3.8, 4) is 0 Å². The van der Waals surface area contributed by atoms with Gasteiger partial charge >= 0.3 is 0 Å². The Morgan fingerprint density at radius 2 is 2.19 bits per heavy atom. The summed E-state index contributed by atoms with van der Waals surface area (Å²) in [5, 5.41) is 3.71. The molecule has 0 atom stereocenters. The van der Waals surface area contributed by atoms with Crippen molar-refractivity contribution in [1.29, 1.82) is 0 Å². The molecule has 2 heterocycles. The summed E-state index contributed by atoms with van der Waals surface area (Å²) in [7, 11) is 0. The normalized spacial score (nSPS) is 17.0. The van der Waals surface area contributed by atoms with E-state index in [9.17, 15) is 4.79 Å². The molecule has 1 amide bonds. The topological polar surface area (TPSA) is 72.4 Å². The number of amides is 1. The highest BCUT2D eigenvalue weighted by atomic mass is 35.5. The molecule has 1 aliphatic heterocycles. The van der Waals surface area contributed by atoms with Crippen molar-refractivity contribution < 1.29 is 9.32 Å². The van der Waals surface area contributed by atoms with Crippen molar-refractivity contribution in [3.05, 3.63) is 17.5 Å². The molecule has 0 spiro atoms. The van der Waals surface area contributed by atoms with E-state index in [1.165, 1.54) is 0 Å². The van der Waals surface area contributed by atoms with Gasteiger partial charge in [-0.3, -0.25) is 4.79 Å². The summed E-state index contributed by atoms with van der Waals surface area (Å²) in [6.45, 7) is 3.20. The molecular weight excluding hydrogens is 230 g/mol. The number of rotatable bonds is 1. The summed E-state index contributed by atoms with van der Waals surface area (Å²) in [6.07, 6.45) is 1.73. The number of piperidine rings is 1. The van der Waals surface area contributed by atoms with Crippen LogP contribution in [0.15, 0.2) is 10.6 Å². The van der Waals surface area contributed by atoms with Gasteiger partial charge in [-0.15, -0.1) is 12.4 Å². The molecule has 16 heavy (non-hydrogen) atoms. The molecule has 0 aliphatic carbocycles. The number of aryl methyl sites for hydroxylation is 1. The molecule has 1 saturated heterocycles. The largest absolute Gasteiger partial charge is 0.361 e. The number of likely N-dealkylation sites (tertiary alicyclic amines) is 1. The van der Waals surface area contributed by atoms with Gasteiger partial charge in [-0.1, -0.05) is 5.16 Å². The zero-order chi connectivity index (χ0) is 10.8. The zero-order valence-electron chi connectivity index (χ0n) is 9.18. The lowest BCUT2D eigenvalue weighted by molar-refractivity contribution is 0.0704. The molecule has 0 radical (unpaired) electrons. The second kappa shape index (κ2) is 5.32. The molecule has 0 aromatic carbocycles. The monoisotopic (exact) mass is 245 g/mol. The molecule has 1 aliphatic rings. The van der Waals surface area contributed by atoms with Crippen molar-refractivity contribution >= 4 is 18.3 Å². The van der Waals surface area contributed by atoms with Gasteiger partial charge in [0.2, 0.25) is 0 Å². The first-order valence-corrected chi connectivity index (χ1v) is 5.15. The third kappa shape index (κ3) is 2.74. The van der Waals surface area contributed by atoms with Crippen LogP contribution in [0.3, 0.4) is 0 Å². The molecule has 0 unspecified atom stereocenters. The Labute approximate surface area is 100 Å². The average molecular weight is 246 g/mol. The number of carbonyl (C=O) groups excluding carboxylic acids is 1. The van der Waals surface area contributed by atoms with E-state index in [1.54, 1.807) is 17.9 Å². The van der Waals surface area contributed by atoms with Crippen LogP contribution in [0.5, 0.6) is 0 Å². The number of hydrogen-bond donors (Lipinski definition) is 1. The third-order valence-corrected chi connectivity index (χ3v) is 2.67. The third-order valence-electron chi connectivity index (χ3n) is 2.67. The molecule has 5 nitrogen and oxygen atoms in total. The lowest BCUT2D eigenvalue weighted by atomic mass is 10.1. The van der Waals surface area contributed by atoms with E-state index < -0.39 is 0 Å². The van der Waals surface area contributed by atoms with Gasteiger partial charge in [0.05, 0.1) is 0 Å². The molecule has 2 N–H and O–H groups in total. The van der Waals surface area contributed by atoms with Gasteiger partial charge in [0.25, 0.3) is 5.91 Å². The molecule has 1 aromatic heterocycles. The minimum absolute atomic E-state index is 0. The summed E-state index contributed by atoms with van der Waals surface area (Å²) >= 11 is 0. The maximum absolute atomic E-state index is 11.9. The summed E-state index contributed by atoms with van der Waals surface area (Å²) in [5.74, 6) is 0.603. The molecule has 2 rings (SSSR count). The van der Waals surface area contributed by atoms with Crippen LogP contribution in [0.4, 0.5) is 0 Å². The lowest BCUT2D eigenvalue weighted by Gasteiger charge is -2.29. The lowest BCUT2D eigenvalue weighted by Crippen LogP contribution is -2.42. The van der Waals surface area contributed by atoms with Gasteiger partial charge in [-0.2, -0.15) is 0 Å². The average Bonchev–Trinajstić information content (AvgIpc) is 2.65. The van der Waals surface area contributed by atoms with E-state index in [1.807, 2.05) is 0 Å². The van der Waals surface area contributed by atoms with Gasteiger partial charge in [0, 0.05) is 25.2 Å². The highest BCUT2D eigenvalue weighted by Crippen LogP contribution is 2.12. The summed E-state index contributed by atoms with van der Waals surface area (Å²) in [6, 6.07) is 1.89. The Kier molecular flexibility index (Phi) is 4.32. The van der Waals surface area contributed by atoms with Gasteiger partial charge in [-0.25, -0.2) is 0 Å². The standard InChI is InChI=1S/C10H15N3O2.ClH/c1-7-6-9(12-15-7)10(14)13-4-2-8(11)3-5-13;/h6,8H,2-5,11H2,1H3;1H. The number of hydrogen-bond acceptors (Lipinski definition) is 4. The first kappa shape index (κ1) is 13.0. The van der Waals surface area contributed by atoms with Crippen LogP contribution in [0, 0.1) is 6.92 Å². The highest BCUT2D eigenvalue weighted by Gasteiger charge is 2.23. The van der Waals surface area contributed by atoms with E-state index >= 15 is 0 Å². The number of nitrogens with zero attached hydrogens (tertiary/aromatic N) is 2. The summed E-state index contributed by atoms with van der Waals surface area (Å²) < 4.78 is 4.88. The van der Waals surface area contributed by atoms with E-state index in [0.29, 0.717) is 24.5 Å². The number of nitrogens with two attached hydrogens (primary N) is 1. The molecule has 0 saturated carbocycles. The van der Waals surface area contributed by atoms with Gasteiger partial charge in [-0.05, 0) is 19.8 Å². The minimum atomic E-state index is -0.0567. The molecule has 6 heteroatoms. The fraction of sp³-hybridized carbons (Fsp3) is 0.600. The Morgan fingerprint density at radius 1 is 1.56 bits per heavy atom. The molecule has 1 aromatic rings. The van der Waals surface area contributed by atoms with Crippen LogP contribution in [0.1, 0.15) is 29.1 Å². The van der Waals surface area contributed by atoms with E-state index in [2.05, 4.69) is 5.16 Å². The van der Waals surface area contributed by atoms with Crippen molar-refractivity contribution in [1.82, 2.24) is 10.1 Å². The highest BCUT2D eigenvalue weighted by molar-refractivity contribution is 5.92. The Morgan fingerprint density at radius 3 is 2.69 bits per heavy atom. The van der Waals surface area contributed by atoms with Crippen molar-refractivity contribution in [2.24, 2.45) is 5.73 Å². The van der Waals surface area contributed by atoms with Crippen LogP contribution in [-0.4, -0.2) is 35.1 Å². The maximum atomic E-state index is 11.9. The summed E-state index contributed by atoms with van der Waals surface area (Å²) in [4.78, 5) is 13.7. The van der Waals surface area contributed by atoms with Crippen molar-refractivity contribution in [2.45, 2.75) is 25.8 Å². The SMILES string of the molecule is Cc1cc(C(=O)N2CCC(N)CC2)no1.Cl. The molecule has 0 bridgehead atoms. The van der Waals surface area contributed by atoms with E-state index in [4.69, 9.17) is 10.3 Å². The van der Waals surface area contributed by atoms with Crippen LogP contribution >= 0.6 is 12.4 Å². The predicted octanol–water partition coefficient (Wildman–Crippen LogP) is 0.968. The molecule has 1 fully saturated rings. The van der Waals surface area contributed by atoms with Crippen molar-refractivity contribution in [3.63, 3.8) is 0 Å². The Balaban J connectivity index is 0.00000128. The number of halogens is 1. The zero-order valence-corrected chi connectivity index (χ0v) is 10.00. The number of carbonyl (C=O) groups is 1. The Hall–Kier alpha value is -1.07. The number of aromatic nitrogens is 1. The first-order valence-electron chi connectivity index (χ1n) is 5.15. The second-order valence-electron chi connectivity index (χ2n) is 3.95. The summed E-state index contributed by atoms with van der Waals surface area (Å²) in [5.41, 5.74) is 6.16. The fourth-order valence-corrected chi connectivity index (χ4v) is 1.73. The maximum Gasteiger partial charge on any atom is 0.276 e. The first-order chi connectivity index (χ1) is 7.16. The van der Waals surface area contributed by atoms with Gasteiger partial charge < -0.3 is 15.2 Å².